The minimum atomic E-state index is -0.728. The summed E-state index contributed by atoms with van der Waals surface area (Å²) in [4.78, 5) is 48.3. The van der Waals surface area contributed by atoms with Crippen molar-refractivity contribution in [3.63, 3.8) is 0 Å². The number of hydrogen-bond donors (Lipinski definition) is 0. The molecular weight excluding hydrogens is 464 g/mol. The normalized spacial score (nSPS) is 15.4. The summed E-state index contributed by atoms with van der Waals surface area (Å²) in [6.07, 6.45) is 3.13. The highest BCUT2D eigenvalue weighted by molar-refractivity contribution is 5.90. The van der Waals surface area contributed by atoms with Gasteiger partial charge in [0.05, 0.1) is 0 Å². The van der Waals surface area contributed by atoms with E-state index in [9.17, 15) is 19.2 Å². The predicted octanol–water partition coefficient (Wildman–Crippen LogP) is 5.16. The number of esters is 4. The molecule has 186 valence electrons. The summed E-state index contributed by atoms with van der Waals surface area (Å²) >= 11 is 0. The maximum Gasteiger partial charge on any atom is 0.335 e. The highest BCUT2D eigenvalue weighted by atomic mass is 16.6. The van der Waals surface area contributed by atoms with Crippen molar-refractivity contribution >= 4 is 23.9 Å². The molecule has 0 heterocycles. The SMILES string of the molecule is C=CC(=O)Oc1ccc2c(c1OC(=O)C=C)C(C)C(C)c1c-2ccc(OC(=O)C=C)c1OC(=O)CC. The molecule has 3 rings (SSSR count). The van der Waals surface area contributed by atoms with E-state index in [0.717, 1.165) is 18.2 Å². The lowest BCUT2D eigenvalue weighted by molar-refractivity contribution is -0.135. The molecule has 0 aromatic heterocycles. The summed E-state index contributed by atoms with van der Waals surface area (Å²) in [5, 5.41) is 0. The van der Waals surface area contributed by atoms with Crippen LogP contribution in [0.2, 0.25) is 0 Å². The van der Waals surface area contributed by atoms with E-state index in [2.05, 4.69) is 19.7 Å². The van der Waals surface area contributed by atoms with Crippen LogP contribution < -0.4 is 18.9 Å². The Labute approximate surface area is 208 Å². The molecule has 0 fully saturated rings. The molecule has 1 aliphatic carbocycles. The first kappa shape index (κ1) is 26.2. The molecule has 0 saturated carbocycles. The van der Waals surface area contributed by atoms with Crippen molar-refractivity contribution in [3.05, 3.63) is 73.4 Å². The lowest BCUT2D eigenvalue weighted by Gasteiger charge is -2.34. The van der Waals surface area contributed by atoms with Gasteiger partial charge in [0, 0.05) is 35.8 Å². The van der Waals surface area contributed by atoms with Gasteiger partial charge in [0.2, 0.25) is 0 Å². The first-order valence-corrected chi connectivity index (χ1v) is 11.2. The molecule has 36 heavy (non-hydrogen) atoms. The summed E-state index contributed by atoms with van der Waals surface area (Å²) < 4.78 is 21.9. The monoisotopic (exact) mass is 490 g/mol. The van der Waals surface area contributed by atoms with Crippen LogP contribution in [-0.2, 0) is 19.2 Å². The third-order valence-electron chi connectivity index (χ3n) is 5.90. The second-order valence-corrected chi connectivity index (χ2v) is 7.99. The number of carbonyl (C=O) groups is 4. The van der Waals surface area contributed by atoms with Crippen molar-refractivity contribution in [2.75, 3.05) is 0 Å². The Kier molecular flexibility index (Phi) is 7.89. The Balaban J connectivity index is 2.32. The van der Waals surface area contributed by atoms with Crippen LogP contribution in [0.4, 0.5) is 0 Å². The lowest BCUT2D eigenvalue weighted by atomic mass is 9.72. The Hall–Kier alpha value is -4.46. The van der Waals surface area contributed by atoms with Crippen LogP contribution in [0.25, 0.3) is 11.1 Å². The summed E-state index contributed by atoms with van der Waals surface area (Å²) in [5.41, 5.74) is 2.59. The lowest BCUT2D eigenvalue weighted by Crippen LogP contribution is -2.20. The number of carbonyl (C=O) groups excluding carboxylic acids is 4. The second kappa shape index (κ2) is 10.9. The second-order valence-electron chi connectivity index (χ2n) is 7.99. The van der Waals surface area contributed by atoms with Gasteiger partial charge in [-0.25, -0.2) is 14.4 Å². The molecule has 1 aliphatic rings. The third-order valence-corrected chi connectivity index (χ3v) is 5.90. The smallest absolute Gasteiger partial charge is 0.335 e. The molecule has 0 N–H and O–H groups in total. The van der Waals surface area contributed by atoms with Crippen LogP contribution >= 0.6 is 0 Å². The van der Waals surface area contributed by atoms with Gasteiger partial charge >= 0.3 is 23.9 Å². The van der Waals surface area contributed by atoms with E-state index in [-0.39, 0.29) is 41.3 Å². The molecule has 8 nitrogen and oxygen atoms in total. The van der Waals surface area contributed by atoms with E-state index in [1.165, 1.54) is 12.1 Å². The highest BCUT2D eigenvalue weighted by Crippen LogP contribution is 2.56. The average molecular weight is 491 g/mol. The van der Waals surface area contributed by atoms with Gasteiger partial charge in [0.25, 0.3) is 0 Å². The molecule has 2 aromatic carbocycles. The fraction of sp³-hybridized carbons (Fsp3) is 0.214. The summed E-state index contributed by atoms with van der Waals surface area (Å²) in [6.45, 7) is 15.7. The average Bonchev–Trinajstić information content (AvgIpc) is 2.88. The maximum atomic E-state index is 12.3. The Morgan fingerprint density at radius 2 is 1.08 bits per heavy atom. The zero-order valence-corrected chi connectivity index (χ0v) is 20.3. The van der Waals surface area contributed by atoms with Crippen LogP contribution in [0, 0.1) is 0 Å². The van der Waals surface area contributed by atoms with E-state index in [4.69, 9.17) is 18.9 Å². The molecule has 2 aromatic rings. The number of ether oxygens (including phenoxy) is 4. The Morgan fingerprint density at radius 3 is 1.47 bits per heavy atom. The van der Waals surface area contributed by atoms with Crippen LogP contribution in [-0.4, -0.2) is 23.9 Å². The summed E-state index contributed by atoms with van der Waals surface area (Å²) in [7, 11) is 0. The molecule has 0 bridgehead atoms. The first-order valence-electron chi connectivity index (χ1n) is 11.2. The van der Waals surface area contributed by atoms with Gasteiger partial charge < -0.3 is 18.9 Å². The molecule has 0 aliphatic heterocycles. The predicted molar refractivity (Wildman–Crippen MR) is 132 cm³/mol. The number of hydrogen-bond acceptors (Lipinski definition) is 8. The maximum absolute atomic E-state index is 12.3. The van der Waals surface area contributed by atoms with Gasteiger partial charge in [-0.15, -0.1) is 0 Å². The first-order chi connectivity index (χ1) is 17.2. The summed E-state index contributed by atoms with van der Waals surface area (Å²) in [5.74, 6) is -2.93. The number of fused-ring (bicyclic) bond motifs is 3. The molecule has 8 heteroatoms. The van der Waals surface area contributed by atoms with Crippen molar-refractivity contribution in [2.24, 2.45) is 0 Å². The molecular formula is C28H26O8. The molecule has 0 radical (unpaired) electrons. The van der Waals surface area contributed by atoms with Gasteiger partial charge in [-0.05, 0) is 35.1 Å². The molecule has 2 unspecified atom stereocenters. The molecule has 2 atom stereocenters. The highest BCUT2D eigenvalue weighted by Gasteiger charge is 2.37. The van der Waals surface area contributed by atoms with Crippen LogP contribution in [0.1, 0.15) is 50.2 Å². The van der Waals surface area contributed by atoms with Gasteiger partial charge in [0.1, 0.15) is 0 Å². The van der Waals surface area contributed by atoms with Gasteiger partial charge in [-0.2, -0.15) is 0 Å². The van der Waals surface area contributed by atoms with Crippen LogP contribution in [0.3, 0.4) is 0 Å². The van der Waals surface area contributed by atoms with E-state index in [1.54, 1.807) is 19.1 Å². The zero-order chi connectivity index (χ0) is 26.6. The number of rotatable bonds is 8. The van der Waals surface area contributed by atoms with Crippen molar-refractivity contribution in [1.29, 1.82) is 0 Å². The quantitative estimate of drug-likeness (QED) is 0.284. The fourth-order valence-electron chi connectivity index (χ4n) is 4.03. The Bertz CT molecular complexity index is 1290. The van der Waals surface area contributed by atoms with Crippen molar-refractivity contribution in [3.8, 4) is 34.1 Å². The number of benzene rings is 2. The minimum absolute atomic E-state index is 0.0468. The zero-order valence-electron chi connectivity index (χ0n) is 20.3. The standard InChI is InChI=1S/C28H26O8/c1-7-21(29)33-19-13-11-17-18-12-14-20(34-22(30)8-2)28(36-24(32)10-4)26(18)16(6)15(5)25(17)27(19)35-23(31)9-3/h7-9,11-16H,1-3,10H2,4-6H3. The van der Waals surface area contributed by atoms with Gasteiger partial charge in [0.15, 0.2) is 23.0 Å². The summed E-state index contributed by atoms with van der Waals surface area (Å²) in [6, 6.07) is 6.46. The van der Waals surface area contributed by atoms with Gasteiger partial charge in [-0.1, -0.05) is 52.6 Å². The Morgan fingerprint density at radius 1 is 0.694 bits per heavy atom. The van der Waals surface area contributed by atoms with E-state index < -0.39 is 23.9 Å². The molecule has 0 saturated heterocycles. The van der Waals surface area contributed by atoms with Crippen LogP contribution in [0.5, 0.6) is 23.0 Å². The van der Waals surface area contributed by atoms with Crippen molar-refractivity contribution in [1.82, 2.24) is 0 Å². The van der Waals surface area contributed by atoms with Crippen LogP contribution in [0.15, 0.2) is 62.2 Å². The van der Waals surface area contributed by atoms with E-state index in [1.807, 2.05) is 13.8 Å². The minimum Gasteiger partial charge on any atom is -0.422 e. The molecule has 0 amide bonds. The third kappa shape index (κ3) is 4.98. The fourth-order valence-corrected chi connectivity index (χ4v) is 4.03. The van der Waals surface area contributed by atoms with Crippen molar-refractivity contribution < 1.29 is 38.1 Å². The topological polar surface area (TPSA) is 105 Å². The molecule has 0 spiro atoms. The van der Waals surface area contributed by atoms with E-state index >= 15 is 0 Å². The van der Waals surface area contributed by atoms with Crippen molar-refractivity contribution in [2.45, 2.75) is 39.0 Å². The van der Waals surface area contributed by atoms with Gasteiger partial charge in [-0.3, -0.25) is 4.79 Å². The van der Waals surface area contributed by atoms with E-state index in [0.29, 0.717) is 22.3 Å². The largest absolute Gasteiger partial charge is 0.422 e.